The summed E-state index contributed by atoms with van der Waals surface area (Å²) in [6.45, 7) is 3.99. The Balaban J connectivity index is 1.29. The molecule has 0 radical (unpaired) electrons. The van der Waals surface area contributed by atoms with E-state index in [9.17, 15) is 18.7 Å². The number of nitrogens with zero attached hydrogens (tertiary/aromatic N) is 4. The molecule has 178 valence electrons. The van der Waals surface area contributed by atoms with Crippen molar-refractivity contribution in [1.29, 1.82) is 0 Å². The number of nitrogens with one attached hydrogen (secondary N) is 1. The number of carboxylic acid groups (broad SMARTS) is 1. The zero-order valence-electron chi connectivity index (χ0n) is 18.9. The van der Waals surface area contributed by atoms with Crippen LogP contribution in [0.5, 0.6) is 0 Å². The van der Waals surface area contributed by atoms with Crippen LogP contribution in [0.25, 0.3) is 5.69 Å². The number of piperidine rings is 1. The van der Waals surface area contributed by atoms with Gasteiger partial charge in [-0.15, -0.1) is 5.10 Å². The highest BCUT2D eigenvalue weighted by Crippen LogP contribution is 2.37. The van der Waals surface area contributed by atoms with E-state index in [4.69, 9.17) is 0 Å². The minimum Gasteiger partial charge on any atom is -0.481 e. The minimum atomic E-state index is -0.683. The molecule has 0 amide bonds. The second-order valence-corrected chi connectivity index (χ2v) is 9.39. The third-order valence-corrected chi connectivity index (χ3v) is 6.86. The number of hydrogen-bond acceptors (Lipinski definition) is 5. The lowest BCUT2D eigenvalue weighted by atomic mass is 9.77. The summed E-state index contributed by atoms with van der Waals surface area (Å²) in [7, 11) is 0. The SMILES string of the molecule is Cc1cc(Nc2ncn(-c3cc(F)cc(F)c3)n2)cc(C2CCCN(C3CC(C(=O)O)C3)C2)c1. The molecule has 2 heterocycles. The molecule has 0 spiro atoms. The number of hydrogen-bond donors (Lipinski definition) is 2. The summed E-state index contributed by atoms with van der Waals surface area (Å²) >= 11 is 0. The Morgan fingerprint density at radius 2 is 1.88 bits per heavy atom. The monoisotopic (exact) mass is 467 g/mol. The van der Waals surface area contributed by atoms with Gasteiger partial charge in [0.1, 0.15) is 18.0 Å². The van der Waals surface area contributed by atoms with Crippen molar-refractivity contribution in [2.45, 2.75) is 44.6 Å². The van der Waals surface area contributed by atoms with Crippen LogP contribution < -0.4 is 5.32 Å². The van der Waals surface area contributed by atoms with Gasteiger partial charge >= 0.3 is 5.97 Å². The largest absolute Gasteiger partial charge is 0.481 e. The van der Waals surface area contributed by atoms with E-state index < -0.39 is 17.6 Å². The number of aliphatic carboxylic acids is 1. The van der Waals surface area contributed by atoms with Crippen molar-refractivity contribution < 1.29 is 18.7 Å². The Morgan fingerprint density at radius 1 is 1.12 bits per heavy atom. The molecule has 2 aliphatic rings. The fraction of sp³-hybridized carbons (Fsp3) is 0.400. The van der Waals surface area contributed by atoms with Crippen LogP contribution in [0.4, 0.5) is 20.4 Å². The number of aromatic nitrogens is 3. The van der Waals surface area contributed by atoms with Gasteiger partial charge in [0.15, 0.2) is 0 Å². The molecule has 9 heteroatoms. The van der Waals surface area contributed by atoms with Crippen molar-refractivity contribution in [2.75, 3.05) is 18.4 Å². The summed E-state index contributed by atoms with van der Waals surface area (Å²) in [4.78, 5) is 17.8. The van der Waals surface area contributed by atoms with Crippen LogP contribution >= 0.6 is 0 Å². The first-order valence-electron chi connectivity index (χ1n) is 11.6. The average Bonchev–Trinajstić information content (AvgIpc) is 3.20. The molecule has 5 rings (SSSR count). The highest BCUT2D eigenvalue weighted by atomic mass is 19.1. The maximum Gasteiger partial charge on any atom is 0.306 e. The third-order valence-electron chi connectivity index (χ3n) is 6.86. The molecule has 0 bridgehead atoms. The van der Waals surface area contributed by atoms with Crippen molar-refractivity contribution >= 4 is 17.6 Å². The van der Waals surface area contributed by atoms with Crippen molar-refractivity contribution in [1.82, 2.24) is 19.7 Å². The first-order chi connectivity index (χ1) is 16.3. The van der Waals surface area contributed by atoms with Gasteiger partial charge in [-0.2, -0.15) is 4.98 Å². The van der Waals surface area contributed by atoms with Crippen molar-refractivity contribution in [3.8, 4) is 5.69 Å². The van der Waals surface area contributed by atoms with Gasteiger partial charge in [-0.05, 0) is 80.5 Å². The van der Waals surface area contributed by atoms with E-state index in [-0.39, 0.29) is 11.6 Å². The molecule has 2 aromatic carbocycles. The molecule has 7 nitrogen and oxygen atoms in total. The lowest BCUT2D eigenvalue weighted by molar-refractivity contribution is -0.147. The molecule has 1 aliphatic carbocycles. The molecule has 1 saturated carbocycles. The van der Waals surface area contributed by atoms with Gasteiger partial charge in [0.25, 0.3) is 0 Å². The first-order valence-corrected chi connectivity index (χ1v) is 11.6. The topological polar surface area (TPSA) is 83.3 Å². The quantitative estimate of drug-likeness (QED) is 0.550. The number of halogens is 2. The molecule has 1 saturated heterocycles. The molecule has 1 aliphatic heterocycles. The fourth-order valence-electron chi connectivity index (χ4n) is 5.06. The van der Waals surface area contributed by atoms with E-state index in [0.717, 1.165) is 56.1 Å². The van der Waals surface area contributed by atoms with Gasteiger partial charge in [-0.25, -0.2) is 13.5 Å². The van der Waals surface area contributed by atoms with E-state index in [1.165, 1.54) is 28.7 Å². The summed E-state index contributed by atoms with van der Waals surface area (Å²) in [5, 5.41) is 16.7. The van der Waals surface area contributed by atoms with Crippen LogP contribution in [-0.4, -0.2) is 49.9 Å². The predicted molar refractivity (Wildman–Crippen MR) is 123 cm³/mol. The van der Waals surface area contributed by atoms with Gasteiger partial charge in [-0.3, -0.25) is 9.69 Å². The fourth-order valence-corrected chi connectivity index (χ4v) is 5.06. The third kappa shape index (κ3) is 4.79. The number of rotatable bonds is 6. The van der Waals surface area contributed by atoms with Crippen LogP contribution in [-0.2, 0) is 4.79 Å². The number of aryl methyl sites for hydroxylation is 1. The summed E-state index contributed by atoms with van der Waals surface area (Å²) in [6, 6.07) is 9.88. The molecule has 34 heavy (non-hydrogen) atoms. The Hall–Kier alpha value is -3.33. The zero-order valence-corrected chi connectivity index (χ0v) is 18.9. The molecule has 2 N–H and O–H groups in total. The highest BCUT2D eigenvalue weighted by molar-refractivity contribution is 5.71. The summed E-state index contributed by atoms with van der Waals surface area (Å²) in [5.41, 5.74) is 3.45. The smallest absolute Gasteiger partial charge is 0.306 e. The maximum atomic E-state index is 13.5. The predicted octanol–water partition coefficient (Wildman–Crippen LogP) is 4.64. The first kappa shape index (κ1) is 22.5. The summed E-state index contributed by atoms with van der Waals surface area (Å²) in [6.07, 6.45) is 5.08. The van der Waals surface area contributed by atoms with Crippen LogP contribution in [0.15, 0.2) is 42.7 Å². The number of anilines is 2. The molecule has 2 fully saturated rings. The Morgan fingerprint density at radius 3 is 2.62 bits per heavy atom. The van der Waals surface area contributed by atoms with Crippen LogP contribution in [0.2, 0.25) is 0 Å². The summed E-state index contributed by atoms with van der Waals surface area (Å²) < 4.78 is 28.4. The Kier molecular flexibility index (Phi) is 6.03. The molecule has 1 atom stereocenters. The number of carbonyl (C=O) groups is 1. The van der Waals surface area contributed by atoms with Gasteiger partial charge < -0.3 is 10.4 Å². The average molecular weight is 468 g/mol. The second kappa shape index (κ2) is 9.13. The van der Waals surface area contributed by atoms with Gasteiger partial charge in [0.05, 0.1) is 11.6 Å². The molecule has 3 aromatic rings. The molecule has 1 aromatic heterocycles. The minimum absolute atomic E-state index is 0.198. The van der Waals surface area contributed by atoms with Gasteiger partial charge in [0.2, 0.25) is 5.95 Å². The summed E-state index contributed by atoms with van der Waals surface area (Å²) in [5.74, 6) is -1.52. The van der Waals surface area contributed by atoms with Crippen molar-refractivity contribution in [3.05, 3.63) is 65.5 Å². The van der Waals surface area contributed by atoms with E-state index in [1.807, 2.05) is 13.0 Å². The Labute approximate surface area is 196 Å². The van der Waals surface area contributed by atoms with Crippen LogP contribution in [0.3, 0.4) is 0 Å². The van der Waals surface area contributed by atoms with E-state index >= 15 is 0 Å². The van der Waals surface area contributed by atoms with E-state index in [1.54, 1.807) is 0 Å². The Bertz CT molecular complexity index is 1190. The number of carboxylic acids is 1. The molecule has 1 unspecified atom stereocenters. The molecular formula is C25H27F2N5O2. The van der Waals surface area contributed by atoms with Gasteiger partial charge in [0, 0.05) is 24.3 Å². The number of likely N-dealkylation sites (tertiary alicyclic amines) is 1. The number of benzene rings is 2. The maximum absolute atomic E-state index is 13.5. The molecular weight excluding hydrogens is 440 g/mol. The lowest BCUT2D eigenvalue weighted by Gasteiger charge is -2.45. The second-order valence-electron chi connectivity index (χ2n) is 9.39. The highest BCUT2D eigenvalue weighted by Gasteiger charge is 2.39. The van der Waals surface area contributed by atoms with Gasteiger partial charge in [-0.1, -0.05) is 6.07 Å². The van der Waals surface area contributed by atoms with E-state index in [0.29, 0.717) is 17.9 Å². The van der Waals surface area contributed by atoms with Crippen molar-refractivity contribution in [3.63, 3.8) is 0 Å². The van der Waals surface area contributed by atoms with Crippen LogP contribution in [0, 0.1) is 24.5 Å². The van der Waals surface area contributed by atoms with Crippen molar-refractivity contribution in [2.24, 2.45) is 5.92 Å². The lowest BCUT2D eigenvalue weighted by Crippen LogP contribution is -2.50. The standard InChI is InChI=1S/C25H27F2N5O2/c1-15-5-17(16-3-2-4-31(13-16)22-8-18(9-22)24(33)34)7-21(6-15)29-25-28-14-32(30-25)23-11-19(26)10-20(27)12-23/h5-7,10-12,14,16,18,22H,2-4,8-9,13H2,1H3,(H,29,30)(H,33,34). The van der Waals surface area contributed by atoms with E-state index in [2.05, 4.69) is 32.4 Å². The zero-order chi connectivity index (χ0) is 23.8. The van der Waals surface area contributed by atoms with Crippen LogP contribution in [0.1, 0.15) is 42.7 Å². The normalized spacial score (nSPS) is 22.9.